The average Bonchev–Trinajstić information content (AvgIpc) is 2.88. The average molecular weight is 283 g/mol. The van der Waals surface area contributed by atoms with Gasteiger partial charge >= 0.3 is 5.00 Å². The predicted molar refractivity (Wildman–Crippen MR) is 73.5 cm³/mol. The number of carbonyl (C=O) groups excluding carboxylic acids is 1. The van der Waals surface area contributed by atoms with Gasteiger partial charge in [0.15, 0.2) is 0 Å². The standard InChI is InChI=1S/C12H17N3O3S/c1-14(7-9-3-2-4-13-6-9)12(16)10-5-11(15(17)18)19-8-10/h5,8-9,13H,2-4,6-7H2,1H3. The van der Waals surface area contributed by atoms with E-state index in [4.69, 9.17) is 0 Å². The number of nitrogens with zero attached hydrogens (tertiary/aromatic N) is 2. The summed E-state index contributed by atoms with van der Waals surface area (Å²) >= 11 is 0.991. The van der Waals surface area contributed by atoms with Crippen LogP contribution in [0, 0.1) is 16.0 Å². The van der Waals surface area contributed by atoms with Gasteiger partial charge < -0.3 is 10.2 Å². The van der Waals surface area contributed by atoms with Crippen molar-refractivity contribution in [3.63, 3.8) is 0 Å². The second-order valence-corrected chi connectivity index (χ2v) is 5.72. The zero-order valence-corrected chi connectivity index (χ0v) is 11.6. The minimum atomic E-state index is -0.466. The third kappa shape index (κ3) is 3.51. The molecule has 6 nitrogen and oxygen atoms in total. The van der Waals surface area contributed by atoms with Gasteiger partial charge in [0.25, 0.3) is 5.91 Å². The third-order valence-corrected chi connectivity index (χ3v) is 4.17. The molecule has 1 aliphatic heterocycles. The zero-order valence-electron chi connectivity index (χ0n) is 10.8. The predicted octanol–water partition coefficient (Wildman–Crippen LogP) is 1.73. The first-order valence-corrected chi connectivity index (χ1v) is 7.15. The molecule has 0 aromatic carbocycles. The van der Waals surface area contributed by atoms with Crippen LogP contribution < -0.4 is 5.32 Å². The van der Waals surface area contributed by atoms with Crippen molar-refractivity contribution in [1.82, 2.24) is 10.2 Å². The number of hydrogen-bond acceptors (Lipinski definition) is 5. The summed E-state index contributed by atoms with van der Waals surface area (Å²) < 4.78 is 0. The Labute approximate surface area is 115 Å². The summed E-state index contributed by atoms with van der Waals surface area (Å²) in [7, 11) is 1.75. The van der Waals surface area contributed by atoms with E-state index in [0.29, 0.717) is 18.0 Å². The molecule has 19 heavy (non-hydrogen) atoms. The zero-order chi connectivity index (χ0) is 13.8. The van der Waals surface area contributed by atoms with Crippen LogP contribution in [0.4, 0.5) is 5.00 Å². The molecule has 2 heterocycles. The number of nitro groups is 1. The van der Waals surface area contributed by atoms with Crippen molar-refractivity contribution in [2.24, 2.45) is 5.92 Å². The molecule has 104 valence electrons. The van der Waals surface area contributed by atoms with E-state index < -0.39 is 4.92 Å². The van der Waals surface area contributed by atoms with Gasteiger partial charge in [0.1, 0.15) is 0 Å². The van der Waals surface area contributed by atoms with Gasteiger partial charge in [-0.3, -0.25) is 14.9 Å². The molecule has 1 aliphatic rings. The lowest BCUT2D eigenvalue weighted by Gasteiger charge is -2.27. The summed E-state index contributed by atoms with van der Waals surface area (Å²) in [5.41, 5.74) is 0.406. The minimum Gasteiger partial charge on any atom is -0.341 e. The molecule has 0 spiro atoms. The van der Waals surface area contributed by atoms with Gasteiger partial charge in [-0.25, -0.2) is 0 Å². The van der Waals surface area contributed by atoms with E-state index in [1.807, 2.05) is 0 Å². The Morgan fingerprint density at radius 3 is 3.05 bits per heavy atom. The van der Waals surface area contributed by atoms with Crippen molar-refractivity contribution >= 4 is 22.2 Å². The lowest BCUT2D eigenvalue weighted by Crippen LogP contribution is -2.39. The van der Waals surface area contributed by atoms with Gasteiger partial charge in [-0.1, -0.05) is 11.3 Å². The van der Waals surface area contributed by atoms with E-state index in [-0.39, 0.29) is 10.9 Å². The summed E-state index contributed by atoms with van der Waals surface area (Å²) in [5.74, 6) is 0.325. The maximum atomic E-state index is 12.1. The van der Waals surface area contributed by atoms with Crippen LogP contribution in [0.3, 0.4) is 0 Å². The van der Waals surface area contributed by atoms with E-state index in [1.165, 1.54) is 6.07 Å². The molecular formula is C12H17N3O3S. The van der Waals surface area contributed by atoms with Crippen LogP contribution in [0.5, 0.6) is 0 Å². The number of thiophene rings is 1. The number of hydrogen-bond donors (Lipinski definition) is 1. The van der Waals surface area contributed by atoms with Crippen molar-refractivity contribution in [3.05, 3.63) is 27.1 Å². The Bertz CT molecular complexity index is 469. The number of carbonyl (C=O) groups is 1. The number of nitrogens with one attached hydrogen (secondary N) is 1. The van der Waals surface area contributed by atoms with E-state index >= 15 is 0 Å². The van der Waals surface area contributed by atoms with Crippen molar-refractivity contribution in [2.75, 3.05) is 26.7 Å². The minimum absolute atomic E-state index is 0.0103. The van der Waals surface area contributed by atoms with E-state index in [1.54, 1.807) is 17.3 Å². The van der Waals surface area contributed by atoms with Crippen LogP contribution in [0.15, 0.2) is 11.4 Å². The van der Waals surface area contributed by atoms with Gasteiger partial charge in [0.2, 0.25) is 0 Å². The maximum absolute atomic E-state index is 12.1. The van der Waals surface area contributed by atoms with Gasteiger partial charge in [-0.05, 0) is 31.8 Å². The third-order valence-electron chi connectivity index (χ3n) is 3.29. The summed E-state index contributed by atoms with van der Waals surface area (Å²) in [6.45, 7) is 2.67. The highest BCUT2D eigenvalue weighted by Crippen LogP contribution is 2.23. The Morgan fingerprint density at radius 1 is 1.68 bits per heavy atom. The normalized spacial score (nSPS) is 19.1. The van der Waals surface area contributed by atoms with Gasteiger partial charge in [0, 0.05) is 25.0 Å². The van der Waals surface area contributed by atoms with E-state index in [2.05, 4.69) is 5.32 Å². The first kappa shape index (κ1) is 14.0. The fourth-order valence-corrected chi connectivity index (χ4v) is 3.00. The molecule has 0 radical (unpaired) electrons. The maximum Gasteiger partial charge on any atom is 0.324 e. The lowest BCUT2D eigenvalue weighted by molar-refractivity contribution is -0.380. The van der Waals surface area contributed by atoms with E-state index in [0.717, 1.165) is 37.3 Å². The fraction of sp³-hybridized carbons (Fsp3) is 0.583. The molecule has 0 bridgehead atoms. The second-order valence-electron chi connectivity index (χ2n) is 4.83. The van der Waals surface area contributed by atoms with Crippen LogP contribution >= 0.6 is 11.3 Å². The summed E-state index contributed by atoms with van der Waals surface area (Å²) in [6.07, 6.45) is 2.25. The molecular weight excluding hydrogens is 266 g/mol. The van der Waals surface area contributed by atoms with Crippen molar-refractivity contribution in [2.45, 2.75) is 12.8 Å². The Hall–Kier alpha value is -1.47. The smallest absolute Gasteiger partial charge is 0.324 e. The summed E-state index contributed by atoms with van der Waals surface area (Å²) in [6, 6.07) is 1.35. The molecule has 1 saturated heterocycles. The molecule has 1 N–H and O–H groups in total. The van der Waals surface area contributed by atoms with Crippen LogP contribution in [0.2, 0.25) is 0 Å². The Kier molecular flexibility index (Phi) is 4.49. The van der Waals surface area contributed by atoms with Gasteiger partial charge in [-0.15, -0.1) is 0 Å². The van der Waals surface area contributed by atoms with Crippen LogP contribution in [0.25, 0.3) is 0 Å². The Balaban J connectivity index is 1.95. The van der Waals surface area contributed by atoms with Crippen molar-refractivity contribution in [3.8, 4) is 0 Å². The van der Waals surface area contributed by atoms with Crippen molar-refractivity contribution < 1.29 is 9.72 Å². The highest BCUT2D eigenvalue weighted by molar-refractivity contribution is 7.13. The highest BCUT2D eigenvalue weighted by Gasteiger charge is 2.21. The van der Waals surface area contributed by atoms with Crippen LogP contribution in [-0.4, -0.2) is 42.4 Å². The monoisotopic (exact) mass is 283 g/mol. The van der Waals surface area contributed by atoms with Gasteiger partial charge in [0.05, 0.1) is 10.5 Å². The van der Waals surface area contributed by atoms with Crippen LogP contribution in [-0.2, 0) is 0 Å². The molecule has 1 aromatic heterocycles. The van der Waals surface area contributed by atoms with Crippen molar-refractivity contribution in [1.29, 1.82) is 0 Å². The first-order chi connectivity index (χ1) is 9.08. The SMILES string of the molecule is CN(CC1CCCNC1)C(=O)c1csc([N+](=O)[O-])c1. The molecule has 1 unspecified atom stereocenters. The molecule has 0 aliphatic carbocycles. The fourth-order valence-electron chi connectivity index (χ4n) is 2.30. The molecule has 1 aromatic rings. The number of piperidine rings is 1. The summed E-state index contributed by atoms with van der Waals surface area (Å²) in [4.78, 5) is 23.9. The molecule has 2 rings (SSSR count). The number of rotatable bonds is 4. The summed E-state index contributed by atoms with van der Waals surface area (Å²) in [5, 5.41) is 15.5. The van der Waals surface area contributed by atoms with Crippen LogP contribution in [0.1, 0.15) is 23.2 Å². The van der Waals surface area contributed by atoms with E-state index in [9.17, 15) is 14.9 Å². The highest BCUT2D eigenvalue weighted by atomic mass is 32.1. The second kappa shape index (κ2) is 6.12. The number of amides is 1. The molecule has 0 saturated carbocycles. The quantitative estimate of drug-likeness (QED) is 0.674. The molecule has 1 fully saturated rings. The molecule has 1 amide bonds. The van der Waals surface area contributed by atoms with Gasteiger partial charge in [-0.2, -0.15) is 0 Å². The first-order valence-electron chi connectivity index (χ1n) is 6.27. The Morgan fingerprint density at radius 2 is 2.47 bits per heavy atom. The molecule has 7 heteroatoms. The topological polar surface area (TPSA) is 75.5 Å². The lowest BCUT2D eigenvalue weighted by atomic mass is 9.99. The molecule has 1 atom stereocenters. The largest absolute Gasteiger partial charge is 0.341 e.